The number of nitrogens with one attached hydrogen (secondary N) is 2. The number of ether oxygens (including phenoxy) is 1. The van der Waals surface area contributed by atoms with Crippen molar-refractivity contribution in [3.8, 4) is 0 Å². The number of nitrogens with zero attached hydrogens (tertiary/aromatic N) is 3. The van der Waals surface area contributed by atoms with E-state index in [2.05, 4.69) is 53.4 Å². The van der Waals surface area contributed by atoms with Gasteiger partial charge in [-0.25, -0.2) is 4.99 Å². The Balaban J connectivity index is 2.11. The molecule has 27 heavy (non-hydrogen) atoms. The topological polar surface area (TPSA) is 63.5 Å². The van der Waals surface area contributed by atoms with Gasteiger partial charge in [0.1, 0.15) is 0 Å². The SMILES string of the molecule is CCNC(=NCc1c(C)nn(Cc2ccccc2)c1C)NCC(C)(C)OC. The van der Waals surface area contributed by atoms with Gasteiger partial charge in [-0.05, 0) is 40.2 Å². The van der Waals surface area contributed by atoms with Gasteiger partial charge in [0.15, 0.2) is 5.96 Å². The van der Waals surface area contributed by atoms with Crippen molar-refractivity contribution >= 4 is 5.96 Å². The van der Waals surface area contributed by atoms with Crippen molar-refractivity contribution in [1.82, 2.24) is 20.4 Å². The van der Waals surface area contributed by atoms with Crippen molar-refractivity contribution in [3.05, 3.63) is 52.8 Å². The zero-order valence-electron chi connectivity index (χ0n) is 17.5. The molecule has 148 valence electrons. The van der Waals surface area contributed by atoms with Crippen molar-refractivity contribution in [2.75, 3.05) is 20.2 Å². The number of guanidine groups is 1. The van der Waals surface area contributed by atoms with Gasteiger partial charge in [0.2, 0.25) is 0 Å². The van der Waals surface area contributed by atoms with E-state index in [1.54, 1.807) is 7.11 Å². The van der Waals surface area contributed by atoms with Crippen LogP contribution in [0.15, 0.2) is 35.3 Å². The highest BCUT2D eigenvalue weighted by atomic mass is 16.5. The van der Waals surface area contributed by atoms with Gasteiger partial charge >= 0.3 is 0 Å². The number of benzene rings is 1. The summed E-state index contributed by atoms with van der Waals surface area (Å²) in [5.41, 5.74) is 4.36. The number of aromatic nitrogens is 2. The fourth-order valence-electron chi connectivity index (χ4n) is 2.74. The van der Waals surface area contributed by atoms with E-state index in [9.17, 15) is 0 Å². The number of methoxy groups -OCH3 is 1. The third-order valence-electron chi connectivity index (χ3n) is 4.68. The fourth-order valence-corrected chi connectivity index (χ4v) is 2.74. The van der Waals surface area contributed by atoms with E-state index in [1.807, 2.05) is 26.8 Å². The van der Waals surface area contributed by atoms with Gasteiger partial charge < -0.3 is 15.4 Å². The molecule has 0 spiro atoms. The highest BCUT2D eigenvalue weighted by Crippen LogP contribution is 2.16. The Bertz CT molecular complexity index is 749. The zero-order chi connectivity index (χ0) is 19.9. The maximum absolute atomic E-state index is 5.47. The Kier molecular flexibility index (Phi) is 7.42. The molecule has 2 aromatic rings. The molecular weight excluding hydrogens is 338 g/mol. The molecule has 6 heteroatoms. The Hall–Kier alpha value is -2.34. The zero-order valence-corrected chi connectivity index (χ0v) is 17.5. The van der Waals surface area contributed by atoms with Crippen molar-refractivity contribution in [2.45, 2.75) is 53.3 Å². The minimum Gasteiger partial charge on any atom is -0.377 e. The van der Waals surface area contributed by atoms with Gasteiger partial charge in [-0.2, -0.15) is 5.10 Å². The van der Waals surface area contributed by atoms with E-state index >= 15 is 0 Å². The predicted molar refractivity (Wildman–Crippen MR) is 111 cm³/mol. The lowest BCUT2D eigenvalue weighted by atomic mass is 10.1. The summed E-state index contributed by atoms with van der Waals surface area (Å²) in [6.45, 7) is 13.2. The van der Waals surface area contributed by atoms with Gasteiger partial charge in [-0.3, -0.25) is 4.68 Å². The first kappa shape index (κ1) is 21.0. The summed E-state index contributed by atoms with van der Waals surface area (Å²) in [6.07, 6.45) is 0. The normalized spacial score (nSPS) is 12.3. The van der Waals surface area contributed by atoms with E-state index in [4.69, 9.17) is 14.8 Å². The van der Waals surface area contributed by atoms with E-state index in [0.717, 1.165) is 30.4 Å². The molecule has 0 saturated heterocycles. The lowest BCUT2D eigenvalue weighted by Crippen LogP contribution is -2.45. The van der Waals surface area contributed by atoms with Crippen LogP contribution in [0.1, 0.15) is 43.3 Å². The second-order valence-corrected chi connectivity index (χ2v) is 7.31. The van der Waals surface area contributed by atoms with Crippen molar-refractivity contribution < 1.29 is 4.74 Å². The number of hydrogen-bond acceptors (Lipinski definition) is 3. The largest absolute Gasteiger partial charge is 0.377 e. The van der Waals surface area contributed by atoms with Crippen molar-refractivity contribution in [2.24, 2.45) is 4.99 Å². The monoisotopic (exact) mass is 371 g/mol. The molecule has 0 atom stereocenters. The molecule has 0 radical (unpaired) electrons. The third-order valence-corrected chi connectivity index (χ3v) is 4.68. The molecule has 1 aromatic heterocycles. The molecule has 0 saturated carbocycles. The highest BCUT2D eigenvalue weighted by molar-refractivity contribution is 5.79. The molecule has 0 amide bonds. The fraction of sp³-hybridized carbons (Fsp3) is 0.524. The summed E-state index contributed by atoms with van der Waals surface area (Å²) in [7, 11) is 1.72. The standard InChI is InChI=1S/C21H33N5O/c1-7-22-20(24-15-21(4,5)27-6)23-13-19-16(2)25-26(17(19)3)14-18-11-9-8-10-12-18/h8-12H,7,13-15H2,1-6H3,(H2,22,23,24). The number of hydrogen-bond donors (Lipinski definition) is 2. The maximum atomic E-state index is 5.47. The van der Waals surface area contributed by atoms with Crippen LogP contribution in [-0.4, -0.2) is 41.5 Å². The molecule has 2 N–H and O–H groups in total. The van der Waals surface area contributed by atoms with Crippen LogP contribution in [0.25, 0.3) is 0 Å². The third kappa shape index (κ3) is 6.10. The summed E-state index contributed by atoms with van der Waals surface area (Å²) < 4.78 is 7.53. The van der Waals surface area contributed by atoms with E-state index in [0.29, 0.717) is 13.1 Å². The van der Waals surface area contributed by atoms with Gasteiger partial charge in [0.05, 0.1) is 24.4 Å². The minimum atomic E-state index is -0.247. The van der Waals surface area contributed by atoms with Crippen LogP contribution in [0, 0.1) is 13.8 Å². The summed E-state index contributed by atoms with van der Waals surface area (Å²) >= 11 is 0. The second-order valence-electron chi connectivity index (χ2n) is 7.31. The first-order chi connectivity index (χ1) is 12.9. The molecule has 0 bridgehead atoms. The van der Waals surface area contributed by atoms with Crippen LogP contribution in [-0.2, 0) is 17.8 Å². The average Bonchev–Trinajstić information content (AvgIpc) is 2.91. The van der Waals surface area contributed by atoms with Crippen molar-refractivity contribution in [3.63, 3.8) is 0 Å². The number of aryl methyl sites for hydroxylation is 1. The van der Waals surface area contributed by atoms with Gasteiger partial charge in [-0.1, -0.05) is 30.3 Å². The van der Waals surface area contributed by atoms with E-state index in [-0.39, 0.29) is 5.60 Å². The Labute approximate surface area is 163 Å². The first-order valence-corrected chi connectivity index (χ1v) is 9.50. The first-order valence-electron chi connectivity index (χ1n) is 9.50. The van der Waals surface area contributed by atoms with E-state index < -0.39 is 0 Å². The minimum absolute atomic E-state index is 0.247. The average molecular weight is 372 g/mol. The van der Waals surface area contributed by atoms with Crippen LogP contribution in [0.2, 0.25) is 0 Å². The molecule has 6 nitrogen and oxygen atoms in total. The van der Waals surface area contributed by atoms with Crippen LogP contribution in [0.5, 0.6) is 0 Å². The molecule has 2 rings (SSSR count). The van der Waals surface area contributed by atoms with E-state index in [1.165, 1.54) is 11.1 Å². The van der Waals surface area contributed by atoms with Crippen LogP contribution in [0.3, 0.4) is 0 Å². The van der Waals surface area contributed by atoms with Gasteiger partial charge in [-0.15, -0.1) is 0 Å². The second kappa shape index (κ2) is 9.55. The van der Waals surface area contributed by atoms with Crippen LogP contribution >= 0.6 is 0 Å². The summed E-state index contributed by atoms with van der Waals surface area (Å²) in [5.74, 6) is 0.789. The number of rotatable bonds is 8. The van der Waals surface area contributed by atoms with Crippen LogP contribution < -0.4 is 10.6 Å². The maximum Gasteiger partial charge on any atom is 0.191 e. The molecular formula is C21H33N5O. The lowest BCUT2D eigenvalue weighted by Gasteiger charge is -2.24. The smallest absolute Gasteiger partial charge is 0.191 e. The quantitative estimate of drug-likeness (QED) is 0.553. The Morgan fingerprint density at radius 2 is 1.89 bits per heavy atom. The summed E-state index contributed by atoms with van der Waals surface area (Å²) in [5, 5.41) is 11.4. The predicted octanol–water partition coefficient (Wildman–Crippen LogP) is 3.03. The molecule has 0 aliphatic rings. The van der Waals surface area contributed by atoms with Crippen molar-refractivity contribution in [1.29, 1.82) is 0 Å². The highest BCUT2D eigenvalue weighted by Gasteiger charge is 2.17. The molecule has 1 heterocycles. The number of aliphatic imine (C=N–C) groups is 1. The lowest BCUT2D eigenvalue weighted by molar-refractivity contribution is 0.0268. The Morgan fingerprint density at radius 3 is 2.52 bits per heavy atom. The molecule has 0 unspecified atom stereocenters. The van der Waals surface area contributed by atoms with Gasteiger partial charge in [0, 0.05) is 31.5 Å². The molecule has 1 aromatic carbocycles. The molecule has 0 aliphatic carbocycles. The Morgan fingerprint density at radius 1 is 1.19 bits per heavy atom. The summed E-state index contributed by atoms with van der Waals surface area (Å²) in [6, 6.07) is 10.4. The van der Waals surface area contributed by atoms with Crippen LogP contribution in [0.4, 0.5) is 0 Å². The van der Waals surface area contributed by atoms with Gasteiger partial charge in [0.25, 0.3) is 0 Å². The summed E-state index contributed by atoms with van der Waals surface area (Å²) in [4.78, 5) is 4.75. The molecule has 0 fully saturated rings. The molecule has 0 aliphatic heterocycles.